The second kappa shape index (κ2) is 9.24. The number of halogens is 3. The van der Waals surface area contributed by atoms with Gasteiger partial charge in [0.05, 0.1) is 0 Å². The Morgan fingerprint density at radius 1 is 0.700 bits per heavy atom. The van der Waals surface area contributed by atoms with E-state index in [4.69, 9.17) is 0 Å². The molecular formula is C27H29F3. The lowest BCUT2D eigenvalue weighted by atomic mass is 9.78. The van der Waals surface area contributed by atoms with Crippen molar-refractivity contribution in [2.45, 2.75) is 58.3 Å². The zero-order valence-electron chi connectivity index (χ0n) is 17.6. The van der Waals surface area contributed by atoms with Gasteiger partial charge in [-0.2, -0.15) is 0 Å². The van der Waals surface area contributed by atoms with E-state index in [9.17, 15) is 13.2 Å². The van der Waals surface area contributed by atoms with Crippen molar-refractivity contribution in [2.24, 2.45) is 11.8 Å². The van der Waals surface area contributed by atoms with Crippen LogP contribution in [-0.2, 0) is 6.42 Å². The van der Waals surface area contributed by atoms with Gasteiger partial charge in [-0.3, -0.25) is 0 Å². The van der Waals surface area contributed by atoms with Crippen LogP contribution in [0.1, 0.15) is 57.4 Å². The average Bonchev–Trinajstić information content (AvgIpc) is 2.76. The van der Waals surface area contributed by atoms with E-state index in [1.165, 1.54) is 50.5 Å². The molecule has 158 valence electrons. The summed E-state index contributed by atoms with van der Waals surface area (Å²) in [6, 6.07) is 14.3. The van der Waals surface area contributed by atoms with Crippen LogP contribution in [0.3, 0.4) is 0 Å². The Morgan fingerprint density at radius 3 is 1.97 bits per heavy atom. The van der Waals surface area contributed by atoms with Gasteiger partial charge in [-0.05, 0) is 70.3 Å². The van der Waals surface area contributed by atoms with Crippen LogP contribution in [0.2, 0.25) is 0 Å². The summed E-state index contributed by atoms with van der Waals surface area (Å²) in [6.07, 6.45) is 10.5. The van der Waals surface area contributed by atoms with E-state index in [1.807, 2.05) is 18.2 Å². The predicted molar refractivity (Wildman–Crippen MR) is 118 cm³/mol. The van der Waals surface area contributed by atoms with Gasteiger partial charge in [0.2, 0.25) is 0 Å². The maximum atomic E-state index is 13.6. The van der Waals surface area contributed by atoms with Gasteiger partial charge in [0.15, 0.2) is 17.5 Å². The lowest BCUT2D eigenvalue weighted by Crippen LogP contribution is -2.15. The van der Waals surface area contributed by atoms with Crippen molar-refractivity contribution in [3.8, 4) is 11.1 Å². The molecular weight excluding hydrogens is 381 g/mol. The van der Waals surface area contributed by atoms with E-state index in [-0.39, 0.29) is 0 Å². The van der Waals surface area contributed by atoms with Crippen LogP contribution in [0.25, 0.3) is 21.9 Å². The molecule has 1 fully saturated rings. The van der Waals surface area contributed by atoms with Gasteiger partial charge in [-0.25, -0.2) is 13.2 Å². The summed E-state index contributed by atoms with van der Waals surface area (Å²) in [4.78, 5) is 0. The molecule has 0 spiro atoms. The molecule has 0 aromatic heterocycles. The minimum atomic E-state index is -1.43. The number of fused-ring (bicyclic) bond motifs is 1. The van der Waals surface area contributed by atoms with Crippen molar-refractivity contribution < 1.29 is 13.2 Å². The van der Waals surface area contributed by atoms with Crippen molar-refractivity contribution in [1.82, 2.24) is 0 Å². The van der Waals surface area contributed by atoms with E-state index < -0.39 is 17.5 Å². The molecule has 1 saturated carbocycles. The molecule has 0 bridgehead atoms. The topological polar surface area (TPSA) is 0 Å². The number of hydrogen-bond donors (Lipinski definition) is 0. The second-order valence-corrected chi connectivity index (χ2v) is 8.86. The highest BCUT2D eigenvalue weighted by Gasteiger charge is 2.20. The third kappa shape index (κ3) is 4.71. The standard InChI is InChI=1S/C27H29F3/c1-2-3-18-4-6-19(7-5-18)8-9-20-10-11-22-15-23(13-12-21(22)14-20)24-16-25(28)27(30)26(29)17-24/h10-19H,2-9H2,1H3/t18-,19-. The first kappa shape index (κ1) is 21.0. The molecule has 30 heavy (non-hydrogen) atoms. The summed E-state index contributed by atoms with van der Waals surface area (Å²) in [5, 5.41) is 2.13. The van der Waals surface area contributed by atoms with Crippen molar-refractivity contribution in [3.63, 3.8) is 0 Å². The van der Waals surface area contributed by atoms with E-state index in [0.29, 0.717) is 11.1 Å². The number of rotatable bonds is 6. The lowest BCUT2D eigenvalue weighted by molar-refractivity contribution is 0.252. The zero-order chi connectivity index (χ0) is 21.1. The summed E-state index contributed by atoms with van der Waals surface area (Å²) >= 11 is 0. The summed E-state index contributed by atoms with van der Waals surface area (Å²) in [5.74, 6) is -1.96. The van der Waals surface area contributed by atoms with Gasteiger partial charge >= 0.3 is 0 Å². The highest BCUT2D eigenvalue weighted by atomic mass is 19.2. The third-order valence-corrected chi connectivity index (χ3v) is 6.73. The van der Waals surface area contributed by atoms with Crippen LogP contribution < -0.4 is 0 Å². The molecule has 3 aromatic carbocycles. The number of benzene rings is 3. The van der Waals surface area contributed by atoms with Crippen LogP contribution in [0.15, 0.2) is 48.5 Å². The number of aryl methyl sites for hydroxylation is 1. The van der Waals surface area contributed by atoms with Gasteiger partial charge in [0, 0.05) is 0 Å². The molecule has 1 aliphatic rings. The van der Waals surface area contributed by atoms with Gasteiger partial charge < -0.3 is 0 Å². The molecule has 0 aliphatic heterocycles. The fourth-order valence-electron chi connectivity index (χ4n) is 4.94. The first-order chi connectivity index (χ1) is 14.5. The molecule has 0 radical (unpaired) electrons. The van der Waals surface area contributed by atoms with Crippen molar-refractivity contribution in [2.75, 3.05) is 0 Å². The Labute approximate surface area is 177 Å². The zero-order valence-corrected chi connectivity index (χ0v) is 17.6. The summed E-state index contributed by atoms with van der Waals surface area (Å²) in [7, 11) is 0. The highest BCUT2D eigenvalue weighted by molar-refractivity contribution is 5.87. The smallest absolute Gasteiger partial charge is 0.194 e. The molecule has 0 saturated heterocycles. The fraction of sp³-hybridized carbons (Fsp3) is 0.407. The van der Waals surface area contributed by atoms with Crippen LogP contribution >= 0.6 is 0 Å². The Morgan fingerprint density at radius 2 is 1.30 bits per heavy atom. The molecule has 0 N–H and O–H groups in total. The quantitative estimate of drug-likeness (QED) is 0.358. The van der Waals surface area contributed by atoms with Gasteiger partial charge in [-0.15, -0.1) is 0 Å². The summed E-state index contributed by atoms with van der Waals surface area (Å²) in [5.41, 5.74) is 2.36. The monoisotopic (exact) mass is 410 g/mol. The molecule has 3 heteroatoms. The van der Waals surface area contributed by atoms with Crippen LogP contribution in [0.4, 0.5) is 13.2 Å². The van der Waals surface area contributed by atoms with Gasteiger partial charge in [0.25, 0.3) is 0 Å². The molecule has 0 nitrogen and oxygen atoms in total. The lowest BCUT2D eigenvalue weighted by Gasteiger charge is -2.28. The number of hydrogen-bond acceptors (Lipinski definition) is 0. The molecule has 3 aromatic rings. The van der Waals surface area contributed by atoms with E-state index in [1.54, 1.807) is 0 Å². The maximum absolute atomic E-state index is 13.6. The molecule has 4 rings (SSSR count). The Hall–Kier alpha value is -2.29. The Kier molecular flexibility index (Phi) is 6.46. The summed E-state index contributed by atoms with van der Waals surface area (Å²) in [6.45, 7) is 2.28. The maximum Gasteiger partial charge on any atom is 0.194 e. The normalized spacial score (nSPS) is 19.3. The molecule has 1 aliphatic carbocycles. The molecule has 0 heterocycles. The Bertz CT molecular complexity index is 993. The molecule has 0 atom stereocenters. The molecule has 0 unspecified atom stereocenters. The second-order valence-electron chi connectivity index (χ2n) is 8.86. The van der Waals surface area contributed by atoms with Crippen LogP contribution in [0, 0.1) is 29.3 Å². The fourth-order valence-corrected chi connectivity index (χ4v) is 4.94. The summed E-state index contributed by atoms with van der Waals surface area (Å²) < 4.78 is 40.4. The minimum absolute atomic E-state index is 0.344. The minimum Gasteiger partial charge on any atom is -0.204 e. The van der Waals surface area contributed by atoms with Crippen LogP contribution in [-0.4, -0.2) is 0 Å². The molecule has 0 amide bonds. The third-order valence-electron chi connectivity index (χ3n) is 6.73. The van der Waals surface area contributed by atoms with E-state index in [2.05, 4.69) is 25.1 Å². The van der Waals surface area contributed by atoms with Crippen molar-refractivity contribution in [1.29, 1.82) is 0 Å². The van der Waals surface area contributed by atoms with E-state index in [0.717, 1.165) is 41.2 Å². The largest absolute Gasteiger partial charge is 0.204 e. The van der Waals surface area contributed by atoms with Crippen LogP contribution in [0.5, 0.6) is 0 Å². The highest BCUT2D eigenvalue weighted by Crippen LogP contribution is 2.34. The average molecular weight is 411 g/mol. The SMILES string of the molecule is CCC[C@H]1CC[C@H](CCc2ccc3cc(-c4cc(F)c(F)c(F)c4)ccc3c2)CC1. The van der Waals surface area contributed by atoms with Crippen molar-refractivity contribution in [3.05, 3.63) is 71.5 Å². The van der Waals surface area contributed by atoms with Crippen molar-refractivity contribution >= 4 is 10.8 Å². The first-order valence-electron chi connectivity index (χ1n) is 11.2. The van der Waals surface area contributed by atoms with Gasteiger partial charge in [-0.1, -0.05) is 75.8 Å². The van der Waals surface area contributed by atoms with E-state index >= 15 is 0 Å². The Balaban J connectivity index is 1.43. The van der Waals surface area contributed by atoms with Gasteiger partial charge in [0.1, 0.15) is 0 Å². The predicted octanol–water partition coefficient (Wildman–Crippen LogP) is 8.46. The first-order valence-corrected chi connectivity index (χ1v) is 11.2.